The van der Waals surface area contributed by atoms with E-state index in [4.69, 9.17) is 16.3 Å². The second-order valence-corrected chi connectivity index (χ2v) is 7.80. The first kappa shape index (κ1) is 21.1. The molecule has 0 spiro atoms. The van der Waals surface area contributed by atoms with Crippen LogP contribution in [0, 0.1) is 11.7 Å². The van der Waals surface area contributed by atoms with Gasteiger partial charge in [0.25, 0.3) is 0 Å². The molecular weight excluding hydrogens is 419 g/mol. The minimum Gasteiger partial charge on any atom is -0.495 e. The first-order valence-corrected chi connectivity index (χ1v) is 10.4. The van der Waals surface area contributed by atoms with Gasteiger partial charge < -0.3 is 15.0 Å². The van der Waals surface area contributed by atoms with Crippen LogP contribution in [0.5, 0.6) is 5.75 Å². The highest BCUT2D eigenvalue weighted by atomic mass is 35.5. The summed E-state index contributed by atoms with van der Waals surface area (Å²) >= 11 is 6.07. The second kappa shape index (κ2) is 9.31. The van der Waals surface area contributed by atoms with E-state index in [2.05, 4.69) is 20.2 Å². The van der Waals surface area contributed by atoms with Crippen molar-refractivity contribution < 1.29 is 13.9 Å². The lowest BCUT2D eigenvalue weighted by Gasteiger charge is -2.33. The van der Waals surface area contributed by atoms with E-state index in [0.717, 1.165) is 19.4 Å². The number of amides is 1. The summed E-state index contributed by atoms with van der Waals surface area (Å²) in [6.07, 6.45) is 3.28. The Morgan fingerprint density at radius 1 is 1.26 bits per heavy atom. The molecule has 1 fully saturated rings. The summed E-state index contributed by atoms with van der Waals surface area (Å²) in [4.78, 5) is 23.9. The highest BCUT2D eigenvalue weighted by Crippen LogP contribution is 2.30. The van der Waals surface area contributed by atoms with Gasteiger partial charge in [-0.3, -0.25) is 4.79 Å². The van der Waals surface area contributed by atoms with Gasteiger partial charge in [0, 0.05) is 29.9 Å². The maximum absolute atomic E-state index is 13.6. The first-order valence-electron chi connectivity index (χ1n) is 10.0. The zero-order valence-corrected chi connectivity index (χ0v) is 17.8. The number of piperidine rings is 1. The maximum Gasteiger partial charge on any atom is 0.229 e. The number of rotatable bonds is 5. The number of aromatic nitrogens is 2. The Hall–Kier alpha value is -3.19. The summed E-state index contributed by atoms with van der Waals surface area (Å²) in [5, 5.41) is 3.46. The van der Waals surface area contributed by atoms with Crippen molar-refractivity contribution in [2.45, 2.75) is 12.8 Å². The Kier molecular flexibility index (Phi) is 6.32. The molecule has 0 bridgehead atoms. The van der Waals surface area contributed by atoms with E-state index in [1.54, 1.807) is 43.6 Å². The molecule has 2 heterocycles. The Labute approximate surface area is 185 Å². The minimum absolute atomic E-state index is 0.0929. The van der Waals surface area contributed by atoms with Crippen LogP contribution in [0.3, 0.4) is 0 Å². The van der Waals surface area contributed by atoms with Gasteiger partial charge in [-0.2, -0.15) is 0 Å². The molecule has 160 valence electrons. The summed E-state index contributed by atoms with van der Waals surface area (Å²) in [5.74, 6) is 1.08. The van der Waals surface area contributed by atoms with E-state index in [9.17, 15) is 9.18 Å². The molecule has 4 rings (SSSR count). The predicted octanol–water partition coefficient (Wildman–Crippen LogP) is 4.80. The van der Waals surface area contributed by atoms with Crippen LogP contribution in [0.25, 0.3) is 11.4 Å². The van der Waals surface area contributed by atoms with E-state index < -0.39 is 0 Å². The Morgan fingerprint density at radius 2 is 2.13 bits per heavy atom. The summed E-state index contributed by atoms with van der Waals surface area (Å²) in [5.41, 5.74) is 1.16. The summed E-state index contributed by atoms with van der Waals surface area (Å²) in [6, 6.07) is 13.1. The number of halogens is 2. The molecule has 1 N–H and O–H groups in total. The zero-order chi connectivity index (χ0) is 21.8. The molecule has 0 radical (unpaired) electrons. The fraction of sp³-hybridized carbons (Fsp3) is 0.261. The molecule has 3 aromatic rings. The van der Waals surface area contributed by atoms with Crippen LogP contribution >= 0.6 is 11.6 Å². The summed E-state index contributed by atoms with van der Waals surface area (Å²) in [6.45, 7) is 1.30. The van der Waals surface area contributed by atoms with Gasteiger partial charge in [-0.15, -0.1) is 0 Å². The second-order valence-electron chi connectivity index (χ2n) is 7.37. The minimum atomic E-state index is -0.336. The largest absolute Gasteiger partial charge is 0.495 e. The maximum atomic E-state index is 13.6. The van der Waals surface area contributed by atoms with Crippen LogP contribution in [0.1, 0.15) is 12.8 Å². The lowest BCUT2D eigenvalue weighted by Crippen LogP contribution is -2.41. The average Bonchev–Trinajstić information content (AvgIpc) is 2.79. The third-order valence-electron chi connectivity index (χ3n) is 5.26. The van der Waals surface area contributed by atoms with Gasteiger partial charge in [0.05, 0.1) is 18.7 Å². The molecule has 0 unspecified atom stereocenters. The van der Waals surface area contributed by atoms with Crippen molar-refractivity contribution in [3.63, 3.8) is 0 Å². The summed E-state index contributed by atoms with van der Waals surface area (Å²) in [7, 11) is 1.55. The fourth-order valence-corrected chi connectivity index (χ4v) is 3.88. The Morgan fingerprint density at radius 3 is 2.94 bits per heavy atom. The predicted molar refractivity (Wildman–Crippen MR) is 119 cm³/mol. The molecule has 0 saturated carbocycles. The standard InChI is InChI=1S/C23H22ClFN4O2/c1-31-20-8-7-17(24)13-19(20)27-23(30)16-5-3-11-29(14-16)21-9-10-26-22(28-21)15-4-2-6-18(25)12-15/h2,4,6-10,12-13,16H,3,5,11,14H2,1H3,(H,27,30)/t16-/m0/s1. The van der Waals surface area contributed by atoms with Gasteiger partial charge in [-0.05, 0) is 49.2 Å². The van der Waals surface area contributed by atoms with Gasteiger partial charge in [0.15, 0.2) is 5.82 Å². The number of nitrogens with one attached hydrogen (secondary N) is 1. The van der Waals surface area contributed by atoms with Crippen molar-refractivity contribution in [3.8, 4) is 17.1 Å². The number of methoxy groups -OCH3 is 1. The van der Waals surface area contributed by atoms with E-state index in [-0.39, 0.29) is 17.6 Å². The van der Waals surface area contributed by atoms with E-state index >= 15 is 0 Å². The first-order chi connectivity index (χ1) is 15.0. The number of nitrogens with zero attached hydrogens (tertiary/aromatic N) is 3. The number of hydrogen-bond donors (Lipinski definition) is 1. The van der Waals surface area contributed by atoms with Crippen LogP contribution in [-0.4, -0.2) is 36.1 Å². The molecule has 0 aliphatic carbocycles. The molecule has 1 aliphatic heterocycles. The smallest absolute Gasteiger partial charge is 0.229 e. The van der Waals surface area contributed by atoms with Gasteiger partial charge >= 0.3 is 0 Å². The number of carbonyl (C=O) groups is 1. The monoisotopic (exact) mass is 440 g/mol. The van der Waals surface area contributed by atoms with Gasteiger partial charge in [0.2, 0.25) is 5.91 Å². The molecule has 2 aromatic carbocycles. The Balaban J connectivity index is 1.49. The number of benzene rings is 2. The molecule has 1 amide bonds. The van der Waals surface area contributed by atoms with Crippen LogP contribution < -0.4 is 15.0 Å². The molecule has 1 atom stereocenters. The molecule has 8 heteroatoms. The van der Waals surface area contributed by atoms with Gasteiger partial charge in [-0.1, -0.05) is 23.7 Å². The van der Waals surface area contributed by atoms with Crippen molar-refractivity contribution in [1.29, 1.82) is 0 Å². The van der Waals surface area contributed by atoms with Gasteiger partial charge in [0.1, 0.15) is 17.4 Å². The van der Waals surface area contributed by atoms with Crippen molar-refractivity contribution in [1.82, 2.24) is 9.97 Å². The number of anilines is 2. The van der Waals surface area contributed by atoms with Crippen molar-refractivity contribution in [3.05, 3.63) is 65.6 Å². The third kappa shape index (κ3) is 4.94. The molecule has 1 aliphatic rings. The summed E-state index contributed by atoms with van der Waals surface area (Å²) < 4.78 is 18.9. The topological polar surface area (TPSA) is 67.3 Å². The molecule has 1 aromatic heterocycles. The van der Waals surface area contributed by atoms with Crippen LogP contribution in [0.2, 0.25) is 5.02 Å². The van der Waals surface area contributed by atoms with Crippen LogP contribution in [0.4, 0.5) is 15.9 Å². The van der Waals surface area contributed by atoms with Crippen LogP contribution in [-0.2, 0) is 4.79 Å². The normalized spacial score (nSPS) is 16.1. The molecule has 1 saturated heterocycles. The number of hydrogen-bond acceptors (Lipinski definition) is 5. The lowest BCUT2D eigenvalue weighted by atomic mass is 9.97. The molecule has 6 nitrogen and oxygen atoms in total. The fourth-order valence-electron chi connectivity index (χ4n) is 3.70. The van der Waals surface area contributed by atoms with Crippen molar-refractivity contribution >= 4 is 29.0 Å². The highest BCUT2D eigenvalue weighted by molar-refractivity contribution is 6.31. The quantitative estimate of drug-likeness (QED) is 0.617. The highest BCUT2D eigenvalue weighted by Gasteiger charge is 2.27. The molecule has 31 heavy (non-hydrogen) atoms. The average molecular weight is 441 g/mol. The third-order valence-corrected chi connectivity index (χ3v) is 5.49. The van der Waals surface area contributed by atoms with Crippen LogP contribution in [0.15, 0.2) is 54.7 Å². The molecular formula is C23H22ClFN4O2. The van der Waals surface area contributed by atoms with Crippen molar-refractivity contribution in [2.24, 2.45) is 5.92 Å². The lowest BCUT2D eigenvalue weighted by molar-refractivity contribution is -0.120. The number of ether oxygens (including phenoxy) is 1. The zero-order valence-electron chi connectivity index (χ0n) is 17.0. The van der Waals surface area contributed by atoms with E-state index in [1.807, 2.05) is 6.07 Å². The van der Waals surface area contributed by atoms with Crippen molar-refractivity contribution in [2.75, 3.05) is 30.4 Å². The van der Waals surface area contributed by atoms with E-state index in [0.29, 0.717) is 40.2 Å². The number of carbonyl (C=O) groups excluding carboxylic acids is 1. The van der Waals surface area contributed by atoms with E-state index in [1.165, 1.54) is 12.1 Å². The Bertz CT molecular complexity index is 1090. The SMILES string of the molecule is COc1ccc(Cl)cc1NC(=O)[C@H]1CCCN(c2ccnc(-c3cccc(F)c3)n2)C1. The van der Waals surface area contributed by atoms with Gasteiger partial charge in [-0.25, -0.2) is 14.4 Å².